The van der Waals surface area contributed by atoms with Crippen molar-refractivity contribution < 1.29 is 16.5 Å². The molecule has 0 N–H and O–H groups in total. The molecule has 0 aliphatic carbocycles. The van der Waals surface area contributed by atoms with Crippen LogP contribution >= 0.6 is 0 Å². The molecule has 0 heterocycles. The largest absolute Gasteiger partial charge is 2.00 e. The van der Waals surface area contributed by atoms with Crippen molar-refractivity contribution in [2.24, 2.45) is 0 Å². The minimum Gasteiger partial charge on any atom is -0.343 e. The van der Waals surface area contributed by atoms with Crippen molar-refractivity contribution in [1.82, 2.24) is 0 Å². The Hall–Kier alpha value is 0.494. The van der Waals surface area contributed by atoms with E-state index in [9.17, 15) is 0 Å². The second-order valence-electron chi connectivity index (χ2n) is 10.2. The first-order chi connectivity index (χ1) is 15.8. The summed E-state index contributed by atoms with van der Waals surface area (Å²) < 4.78 is 0. The maximum Gasteiger partial charge on any atom is 2.00 e. The van der Waals surface area contributed by atoms with Gasteiger partial charge in [-0.3, -0.25) is 0 Å². The molecule has 0 spiro atoms. The minimum atomic E-state index is 0. The maximum atomic E-state index is 3.87. The van der Waals surface area contributed by atoms with Gasteiger partial charge in [0.05, 0.1) is 0 Å². The van der Waals surface area contributed by atoms with E-state index in [0.717, 1.165) is 12.8 Å². The molecular weight excluding hydrogens is 443 g/mol. The molecule has 0 unspecified atom stereocenters. The molecule has 204 valence electrons. The topological polar surface area (TPSA) is 0 Å². The van der Waals surface area contributed by atoms with Gasteiger partial charge in [0.25, 0.3) is 0 Å². The van der Waals surface area contributed by atoms with Crippen LogP contribution in [0.25, 0.3) is 0 Å². The van der Waals surface area contributed by atoms with E-state index in [2.05, 4.69) is 27.7 Å². The average molecular weight is 510 g/mol. The first-order valence-corrected chi connectivity index (χ1v) is 15.4. The molecule has 0 aromatic carbocycles. The molecule has 0 saturated heterocycles. The quantitative estimate of drug-likeness (QED) is 0.0618. The summed E-state index contributed by atoms with van der Waals surface area (Å²) in [6.07, 6.45) is 39.7. The summed E-state index contributed by atoms with van der Waals surface area (Å²) in [5.74, 6) is 0. The van der Waals surface area contributed by atoms with Gasteiger partial charge in [0.1, 0.15) is 0 Å². The molecule has 0 aliphatic heterocycles. The second-order valence-corrected chi connectivity index (χ2v) is 10.2. The van der Waals surface area contributed by atoms with Gasteiger partial charge in [-0.2, -0.15) is 12.8 Å². The number of unbranched alkanes of at least 4 members (excludes halogenated alkanes) is 26. The molecule has 0 radical (unpaired) electrons. The van der Waals surface area contributed by atoms with E-state index in [1.807, 2.05) is 0 Å². The third kappa shape index (κ3) is 43.0. The van der Waals surface area contributed by atoms with Crippen LogP contribution in [0.5, 0.6) is 0 Å². The molecule has 0 aliphatic rings. The van der Waals surface area contributed by atoms with Crippen molar-refractivity contribution in [3.05, 3.63) is 13.8 Å². The van der Waals surface area contributed by atoms with Gasteiger partial charge in [-0.1, -0.05) is 181 Å². The minimum absolute atomic E-state index is 0. The summed E-state index contributed by atoms with van der Waals surface area (Å²) in [6.45, 7) is 12.3. The van der Waals surface area contributed by atoms with Crippen molar-refractivity contribution in [2.45, 2.75) is 194 Å². The summed E-state index contributed by atoms with van der Waals surface area (Å²) in [5.41, 5.74) is 0. The third-order valence-corrected chi connectivity index (χ3v) is 6.71. The normalized spacial score (nSPS) is 10.5. The Morgan fingerprint density at radius 2 is 0.424 bits per heavy atom. The van der Waals surface area contributed by atoms with E-state index in [-0.39, 0.29) is 16.5 Å². The number of hydrogen-bond donors (Lipinski definition) is 0. The van der Waals surface area contributed by atoms with E-state index in [1.165, 1.54) is 167 Å². The summed E-state index contributed by atoms with van der Waals surface area (Å²) in [6, 6.07) is 0. The van der Waals surface area contributed by atoms with Crippen LogP contribution in [0.4, 0.5) is 0 Å². The second kappa shape index (κ2) is 39.7. The van der Waals surface area contributed by atoms with E-state index < -0.39 is 0 Å². The van der Waals surface area contributed by atoms with Crippen LogP contribution in [0.15, 0.2) is 0 Å². The molecular formula is C32H66Ni. The van der Waals surface area contributed by atoms with Crippen LogP contribution in [0.1, 0.15) is 194 Å². The predicted octanol–water partition coefficient (Wildman–Crippen LogP) is 12.6. The van der Waals surface area contributed by atoms with Crippen LogP contribution in [-0.4, -0.2) is 0 Å². The van der Waals surface area contributed by atoms with Gasteiger partial charge in [0, 0.05) is 0 Å². The first-order valence-electron chi connectivity index (χ1n) is 15.4. The summed E-state index contributed by atoms with van der Waals surface area (Å²) >= 11 is 0. The Bertz CT molecular complexity index is 220. The zero-order valence-corrected chi connectivity index (χ0v) is 24.5. The number of rotatable bonds is 26. The van der Waals surface area contributed by atoms with E-state index in [1.54, 1.807) is 0 Å². The third-order valence-electron chi connectivity index (χ3n) is 6.71. The zero-order chi connectivity index (χ0) is 23.8. The summed E-state index contributed by atoms with van der Waals surface area (Å²) in [7, 11) is 0. The zero-order valence-electron chi connectivity index (χ0n) is 23.5. The Balaban J connectivity index is -0.000000529. The van der Waals surface area contributed by atoms with Gasteiger partial charge in [0.15, 0.2) is 0 Å². The smallest absolute Gasteiger partial charge is 0.343 e. The average Bonchev–Trinajstić information content (AvgIpc) is 2.81. The molecule has 1 heteroatoms. The van der Waals surface area contributed by atoms with E-state index >= 15 is 0 Å². The van der Waals surface area contributed by atoms with Crippen molar-refractivity contribution in [1.29, 1.82) is 0 Å². The van der Waals surface area contributed by atoms with Crippen LogP contribution < -0.4 is 0 Å². The molecule has 0 nitrogen and oxygen atoms in total. The van der Waals surface area contributed by atoms with Crippen LogP contribution in [0.3, 0.4) is 0 Å². The Kier molecular flexibility index (Phi) is 45.7. The van der Waals surface area contributed by atoms with Gasteiger partial charge in [0.2, 0.25) is 0 Å². The van der Waals surface area contributed by atoms with E-state index in [0.29, 0.717) is 0 Å². The molecule has 33 heavy (non-hydrogen) atoms. The van der Waals surface area contributed by atoms with Crippen LogP contribution in [0, 0.1) is 13.8 Å². The van der Waals surface area contributed by atoms with Crippen molar-refractivity contribution in [3.63, 3.8) is 0 Å². The molecule has 0 fully saturated rings. The van der Waals surface area contributed by atoms with Crippen LogP contribution in [0.2, 0.25) is 0 Å². The van der Waals surface area contributed by atoms with Crippen molar-refractivity contribution in [2.75, 3.05) is 0 Å². The molecule has 0 atom stereocenters. The Morgan fingerprint density at radius 3 is 0.576 bits per heavy atom. The Morgan fingerprint density at radius 1 is 0.273 bits per heavy atom. The van der Waals surface area contributed by atoms with Gasteiger partial charge < -0.3 is 13.8 Å². The molecule has 0 bridgehead atoms. The fourth-order valence-corrected chi connectivity index (χ4v) is 4.39. The van der Waals surface area contributed by atoms with Crippen LogP contribution in [-0.2, 0) is 16.5 Å². The predicted molar refractivity (Wildman–Crippen MR) is 151 cm³/mol. The maximum absolute atomic E-state index is 3.87. The standard InChI is InChI=1S/2C16H33.Ni/c2*1-3-5-7-9-11-13-15-16-14-12-10-8-6-4-2;/h2*1,3-16H2,2H3;/q2*-1;+2. The fraction of sp³-hybridized carbons (Fsp3) is 0.938. The molecule has 0 saturated carbocycles. The van der Waals surface area contributed by atoms with Gasteiger partial charge in [-0.15, -0.1) is 0 Å². The number of hydrogen-bond acceptors (Lipinski definition) is 0. The fourth-order valence-electron chi connectivity index (χ4n) is 4.39. The van der Waals surface area contributed by atoms with Crippen molar-refractivity contribution in [3.8, 4) is 0 Å². The van der Waals surface area contributed by atoms with E-state index in [4.69, 9.17) is 0 Å². The Labute approximate surface area is 223 Å². The van der Waals surface area contributed by atoms with Gasteiger partial charge in [-0.05, 0) is 0 Å². The monoisotopic (exact) mass is 508 g/mol. The summed E-state index contributed by atoms with van der Waals surface area (Å²) in [4.78, 5) is 0. The van der Waals surface area contributed by atoms with Gasteiger partial charge >= 0.3 is 16.5 Å². The molecule has 0 rings (SSSR count). The SMILES string of the molecule is [CH2-]CCCCCCCCCCCCCCC.[CH2-]CCCCCCCCCCCCCCC.[Ni+2]. The molecule has 0 amide bonds. The van der Waals surface area contributed by atoms with Crippen molar-refractivity contribution >= 4 is 0 Å². The first kappa shape index (κ1) is 38.0. The van der Waals surface area contributed by atoms with Gasteiger partial charge in [-0.25, -0.2) is 0 Å². The molecule has 0 aromatic heterocycles. The molecule has 0 aromatic rings. The summed E-state index contributed by atoms with van der Waals surface area (Å²) in [5, 5.41) is 0.